The van der Waals surface area contributed by atoms with Crippen LogP contribution in [0.5, 0.6) is 0 Å². The number of nitrogens with one attached hydrogen (secondary N) is 1. The topological polar surface area (TPSA) is 32.3 Å². The maximum Gasteiger partial charge on any atom is 0.255 e. The molecule has 3 nitrogen and oxygen atoms in total. The van der Waals surface area contributed by atoms with Gasteiger partial charge in [-0.1, -0.05) is 31.2 Å². The molecule has 1 aliphatic rings. The first-order chi connectivity index (χ1) is 9.75. The Kier molecular flexibility index (Phi) is 3.85. The Morgan fingerprint density at radius 2 is 2.15 bits per heavy atom. The summed E-state index contributed by atoms with van der Waals surface area (Å²) in [6.07, 6.45) is 0. The standard InChI is InChI=1S/C16H18N2OS/c1-12-9-17-11-18(10-12)16(19)14-6-3-2-5-13(14)15-7-4-8-20-15/h2-8,12,17H,9-11H2,1H3. The summed E-state index contributed by atoms with van der Waals surface area (Å²) >= 11 is 1.67. The fourth-order valence-corrected chi connectivity index (χ4v) is 3.36. The van der Waals surface area contributed by atoms with Crippen LogP contribution < -0.4 is 5.32 Å². The molecule has 3 rings (SSSR count). The Balaban J connectivity index is 1.92. The molecule has 1 aromatic heterocycles. The fraction of sp³-hybridized carbons (Fsp3) is 0.312. The second-order valence-corrected chi connectivity index (χ2v) is 6.22. The zero-order valence-corrected chi connectivity index (χ0v) is 12.3. The summed E-state index contributed by atoms with van der Waals surface area (Å²) in [4.78, 5) is 15.8. The Morgan fingerprint density at radius 1 is 1.30 bits per heavy atom. The summed E-state index contributed by atoms with van der Waals surface area (Å²) in [6.45, 7) is 4.61. The van der Waals surface area contributed by atoms with Crippen LogP contribution in [-0.4, -0.2) is 30.6 Å². The van der Waals surface area contributed by atoms with Crippen molar-refractivity contribution in [2.45, 2.75) is 6.92 Å². The molecule has 20 heavy (non-hydrogen) atoms. The second-order valence-electron chi connectivity index (χ2n) is 5.27. The summed E-state index contributed by atoms with van der Waals surface area (Å²) in [5, 5.41) is 5.34. The average Bonchev–Trinajstić information content (AvgIpc) is 3.00. The van der Waals surface area contributed by atoms with Gasteiger partial charge in [-0.05, 0) is 23.4 Å². The monoisotopic (exact) mass is 286 g/mol. The van der Waals surface area contributed by atoms with E-state index < -0.39 is 0 Å². The molecular weight excluding hydrogens is 268 g/mol. The summed E-state index contributed by atoms with van der Waals surface area (Å²) in [6, 6.07) is 12.0. The highest BCUT2D eigenvalue weighted by molar-refractivity contribution is 7.13. The quantitative estimate of drug-likeness (QED) is 0.920. The van der Waals surface area contributed by atoms with Gasteiger partial charge in [0.05, 0.1) is 6.67 Å². The Bertz CT molecular complexity index is 594. The first-order valence-corrected chi connectivity index (χ1v) is 7.76. The summed E-state index contributed by atoms with van der Waals surface area (Å²) in [5.74, 6) is 0.620. The molecular formula is C16H18N2OS. The van der Waals surface area contributed by atoms with Gasteiger partial charge in [0.15, 0.2) is 0 Å². The molecule has 1 N–H and O–H groups in total. The van der Waals surface area contributed by atoms with E-state index in [1.165, 1.54) is 0 Å². The van der Waals surface area contributed by atoms with Gasteiger partial charge < -0.3 is 4.90 Å². The van der Waals surface area contributed by atoms with E-state index in [2.05, 4.69) is 18.3 Å². The van der Waals surface area contributed by atoms with Crippen LogP contribution in [0, 0.1) is 5.92 Å². The van der Waals surface area contributed by atoms with Crippen LogP contribution in [0.4, 0.5) is 0 Å². The zero-order chi connectivity index (χ0) is 13.9. The van der Waals surface area contributed by atoms with Crippen LogP contribution in [0.1, 0.15) is 17.3 Å². The van der Waals surface area contributed by atoms with Crippen molar-refractivity contribution in [2.75, 3.05) is 19.8 Å². The average molecular weight is 286 g/mol. The minimum atomic E-state index is 0.119. The molecule has 1 aliphatic heterocycles. The zero-order valence-electron chi connectivity index (χ0n) is 11.5. The highest BCUT2D eigenvalue weighted by Gasteiger charge is 2.23. The van der Waals surface area contributed by atoms with Gasteiger partial charge in [0.25, 0.3) is 5.91 Å². The largest absolute Gasteiger partial charge is 0.326 e. The number of thiophene rings is 1. The van der Waals surface area contributed by atoms with Gasteiger partial charge in [-0.3, -0.25) is 10.1 Å². The lowest BCUT2D eigenvalue weighted by Gasteiger charge is -2.32. The highest BCUT2D eigenvalue weighted by Crippen LogP contribution is 2.29. The van der Waals surface area contributed by atoms with Crippen LogP contribution in [0.2, 0.25) is 0 Å². The van der Waals surface area contributed by atoms with Crippen molar-refractivity contribution >= 4 is 17.2 Å². The van der Waals surface area contributed by atoms with Gasteiger partial charge >= 0.3 is 0 Å². The van der Waals surface area contributed by atoms with Crippen molar-refractivity contribution in [3.05, 3.63) is 47.3 Å². The summed E-state index contributed by atoms with van der Waals surface area (Å²) < 4.78 is 0. The molecule has 0 aliphatic carbocycles. The van der Waals surface area contributed by atoms with Crippen molar-refractivity contribution in [2.24, 2.45) is 5.92 Å². The third-order valence-corrected chi connectivity index (χ3v) is 4.46. The van der Waals surface area contributed by atoms with Crippen LogP contribution >= 0.6 is 11.3 Å². The molecule has 0 spiro atoms. The third-order valence-electron chi connectivity index (χ3n) is 3.56. The van der Waals surface area contributed by atoms with Crippen molar-refractivity contribution in [3.8, 4) is 10.4 Å². The number of hydrogen-bond acceptors (Lipinski definition) is 3. The van der Waals surface area contributed by atoms with Gasteiger partial charge in [-0.2, -0.15) is 0 Å². The lowest BCUT2D eigenvalue weighted by Crippen LogP contribution is -2.48. The van der Waals surface area contributed by atoms with Crippen molar-refractivity contribution in [1.82, 2.24) is 10.2 Å². The molecule has 2 heterocycles. The van der Waals surface area contributed by atoms with E-state index >= 15 is 0 Å². The lowest BCUT2D eigenvalue weighted by atomic mass is 10.0. The molecule has 0 bridgehead atoms. The van der Waals surface area contributed by atoms with Gasteiger partial charge in [0.1, 0.15) is 0 Å². The normalized spacial score (nSPS) is 19.1. The fourth-order valence-electron chi connectivity index (χ4n) is 2.59. The number of carbonyl (C=O) groups is 1. The van der Waals surface area contributed by atoms with Gasteiger partial charge in [0.2, 0.25) is 0 Å². The van der Waals surface area contributed by atoms with Crippen molar-refractivity contribution in [3.63, 3.8) is 0 Å². The van der Waals surface area contributed by atoms with Gasteiger partial charge in [-0.15, -0.1) is 11.3 Å². The first-order valence-electron chi connectivity index (χ1n) is 6.88. The molecule has 1 unspecified atom stereocenters. The number of benzene rings is 1. The molecule has 1 atom stereocenters. The summed E-state index contributed by atoms with van der Waals surface area (Å²) in [5.41, 5.74) is 1.83. The molecule has 2 aromatic rings. The van der Waals surface area contributed by atoms with Crippen molar-refractivity contribution < 1.29 is 4.79 Å². The third kappa shape index (κ3) is 2.62. The maximum absolute atomic E-state index is 12.8. The van der Waals surface area contributed by atoms with E-state index in [1.807, 2.05) is 40.6 Å². The number of nitrogens with zero attached hydrogens (tertiary/aromatic N) is 1. The molecule has 1 saturated heterocycles. The highest BCUT2D eigenvalue weighted by atomic mass is 32.1. The molecule has 4 heteroatoms. The SMILES string of the molecule is CC1CNCN(C(=O)c2ccccc2-c2cccs2)C1. The van der Waals surface area contributed by atoms with Crippen LogP contribution in [-0.2, 0) is 0 Å². The molecule has 0 radical (unpaired) electrons. The molecule has 1 fully saturated rings. The Labute approximate surface area is 123 Å². The van der Waals surface area contributed by atoms with Crippen LogP contribution in [0.25, 0.3) is 10.4 Å². The van der Waals surface area contributed by atoms with Gasteiger partial charge in [-0.25, -0.2) is 0 Å². The molecule has 0 saturated carbocycles. The molecule has 1 aromatic carbocycles. The minimum Gasteiger partial charge on any atom is -0.326 e. The minimum absolute atomic E-state index is 0.119. The lowest BCUT2D eigenvalue weighted by molar-refractivity contribution is 0.0670. The number of amides is 1. The summed E-state index contributed by atoms with van der Waals surface area (Å²) in [7, 11) is 0. The number of hydrogen-bond donors (Lipinski definition) is 1. The molecule has 104 valence electrons. The predicted molar refractivity (Wildman–Crippen MR) is 82.8 cm³/mol. The molecule has 1 amide bonds. The Morgan fingerprint density at radius 3 is 2.90 bits per heavy atom. The first kappa shape index (κ1) is 13.3. The van der Waals surface area contributed by atoms with Gasteiger partial charge in [0, 0.05) is 29.1 Å². The van der Waals surface area contributed by atoms with E-state index in [-0.39, 0.29) is 5.91 Å². The predicted octanol–water partition coefficient (Wildman–Crippen LogP) is 3.05. The van der Waals surface area contributed by atoms with Crippen LogP contribution in [0.15, 0.2) is 41.8 Å². The number of carbonyl (C=O) groups excluding carboxylic acids is 1. The maximum atomic E-state index is 12.8. The Hall–Kier alpha value is -1.65. The van der Waals surface area contributed by atoms with E-state index in [9.17, 15) is 4.79 Å². The smallest absolute Gasteiger partial charge is 0.255 e. The van der Waals surface area contributed by atoms with E-state index in [0.29, 0.717) is 12.6 Å². The van der Waals surface area contributed by atoms with Crippen molar-refractivity contribution in [1.29, 1.82) is 0 Å². The van der Waals surface area contributed by atoms with E-state index in [0.717, 1.165) is 29.1 Å². The number of rotatable bonds is 2. The van der Waals surface area contributed by atoms with E-state index in [4.69, 9.17) is 0 Å². The second kappa shape index (κ2) is 5.77. The van der Waals surface area contributed by atoms with E-state index in [1.54, 1.807) is 11.3 Å². The van der Waals surface area contributed by atoms with Crippen LogP contribution in [0.3, 0.4) is 0 Å².